The SMILES string of the molecule is CC(C)C1CC2(C)C(C)CCCC2CC1=O. The van der Waals surface area contributed by atoms with Gasteiger partial charge in [0.1, 0.15) is 5.78 Å². The Labute approximate surface area is 100.0 Å². The van der Waals surface area contributed by atoms with Crippen molar-refractivity contribution in [3.8, 4) is 0 Å². The van der Waals surface area contributed by atoms with Crippen molar-refractivity contribution >= 4 is 5.78 Å². The molecule has 0 N–H and O–H groups in total. The van der Waals surface area contributed by atoms with Gasteiger partial charge in [-0.25, -0.2) is 0 Å². The summed E-state index contributed by atoms with van der Waals surface area (Å²) in [5, 5.41) is 0. The molecule has 2 aliphatic rings. The van der Waals surface area contributed by atoms with Crippen molar-refractivity contribution in [1.29, 1.82) is 0 Å². The molecule has 4 atom stereocenters. The van der Waals surface area contributed by atoms with E-state index in [1.165, 1.54) is 19.3 Å². The third-order valence-corrected chi connectivity index (χ3v) is 5.57. The zero-order valence-electron chi connectivity index (χ0n) is 11.3. The van der Waals surface area contributed by atoms with Crippen LogP contribution in [-0.4, -0.2) is 5.78 Å². The highest BCUT2D eigenvalue weighted by Gasteiger charge is 2.48. The first-order valence-electron chi connectivity index (χ1n) is 6.98. The maximum absolute atomic E-state index is 12.1. The highest BCUT2D eigenvalue weighted by atomic mass is 16.1. The molecule has 0 heterocycles. The monoisotopic (exact) mass is 222 g/mol. The van der Waals surface area contributed by atoms with E-state index in [9.17, 15) is 4.79 Å². The minimum absolute atomic E-state index is 0.335. The van der Waals surface area contributed by atoms with Crippen molar-refractivity contribution in [2.75, 3.05) is 0 Å². The van der Waals surface area contributed by atoms with Crippen LogP contribution in [0.5, 0.6) is 0 Å². The number of hydrogen-bond acceptors (Lipinski definition) is 1. The van der Waals surface area contributed by atoms with Gasteiger partial charge in [-0.15, -0.1) is 0 Å². The molecule has 0 amide bonds. The normalized spacial score (nSPS) is 44.6. The molecule has 0 aromatic rings. The molecule has 0 aliphatic heterocycles. The van der Waals surface area contributed by atoms with Crippen molar-refractivity contribution in [2.24, 2.45) is 29.1 Å². The number of carbonyl (C=O) groups is 1. The molecule has 4 unspecified atom stereocenters. The summed E-state index contributed by atoms with van der Waals surface area (Å²) in [7, 11) is 0. The highest BCUT2D eigenvalue weighted by Crippen LogP contribution is 2.54. The summed E-state index contributed by atoms with van der Waals surface area (Å²) in [5.74, 6) is 2.90. The van der Waals surface area contributed by atoms with Crippen LogP contribution in [0.1, 0.15) is 59.8 Å². The van der Waals surface area contributed by atoms with E-state index in [1.54, 1.807) is 0 Å². The molecule has 1 heteroatoms. The molecule has 1 nitrogen and oxygen atoms in total. The van der Waals surface area contributed by atoms with Gasteiger partial charge in [0, 0.05) is 12.3 Å². The minimum Gasteiger partial charge on any atom is -0.299 e. The average molecular weight is 222 g/mol. The molecule has 2 rings (SSSR count). The van der Waals surface area contributed by atoms with Gasteiger partial charge in [0.05, 0.1) is 0 Å². The summed E-state index contributed by atoms with van der Waals surface area (Å²) in [5.41, 5.74) is 0.446. The van der Waals surface area contributed by atoms with Crippen molar-refractivity contribution in [2.45, 2.75) is 59.8 Å². The van der Waals surface area contributed by atoms with E-state index in [0.29, 0.717) is 29.0 Å². The summed E-state index contributed by atoms with van der Waals surface area (Å²) >= 11 is 0. The van der Waals surface area contributed by atoms with Gasteiger partial charge in [0.15, 0.2) is 0 Å². The fourth-order valence-corrected chi connectivity index (χ4v) is 4.02. The quantitative estimate of drug-likeness (QED) is 0.654. The van der Waals surface area contributed by atoms with Gasteiger partial charge in [-0.2, -0.15) is 0 Å². The molecule has 2 aliphatic carbocycles. The Kier molecular flexibility index (Phi) is 3.16. The topological polar surface area (TPSA) is 17.1 Å². The van der Waals surface area contributed by atoms with Crippen LogP contribution in [0.25, 0.3) is 0 Å². The number of carbonyl (C=O) groups excluding carboxylic acids is 1. The van der Waals surface area contributed by atoms with Gasteiger partial charge in [-0.1, -0.05) is 40.5 Å². The van der Waals surface area contributed by atoms with Crippen molar-refractivity contribution in [3.05, 3.63) is 0 Å². The Balaban J connectivity index is 2.21. The lowest BCUT2D eigenvalue weighted by molar-refractivity contribution is -0.136. The molecule has 92 valence electrons. The highest BCUT2D eigenvalue weighted by molar-refractivity contribution is 5.82. The van der Waals surface area contributed by atoms with Crippen LogP contribution in [0, 0.1) is 29.1 Å². The number of Topliss-reactive ketones (excluding diaryl/α,β-unsaturated/α-hetero) is 1. The largest absolute Gasteiger partial charge is 0.299 e. The molecule has 0 bridgehead atoms. The number of fused-ring (bicyclic) bond motifs is 1. The molecule has 0 spiro atoms. The fraction of sp³-hybridized carbons (Fsp3) is 0.933. The van der Waals surface area contributed by atoms with E-state index in [0.717, 1.165) is 18.8 Å². The van der Waals surface area contributed by atoms with Crippen LogP contribution in [0.3, 0.4) is 0 Å². The van der Waals surface area contributed by atoms with Crippen molar-refractivity contribution in [1.82, 2.24) is 0 Å². The predicted molar refractivity (Wildman–Crippen MR) is 67.2 cm³/mol. The molecular formula is C15H26O. The molecular weight excluding hydrogens is 196 g/mol. The van der Waals surface area contributed by atoms with Crippen LogP contribution < -0.4 is 0 Å². The molecule has 0 radical (unpaired) electrons. The summed E-state index contributed by atoms with van der Waals surface area (Å²) < 4.78 is 0. The minimum atomic E-state index is 0.335. The maximum Gasteiger partial charge on any atom is 0.136 e. The molecule has 0 saturated heterocycles. The molecule has 2 fully saturated rings. The Morgan fingerprint density at radius 3 is 2.62 bits per heavy atom. The summed E-state index contributed by atoms with van der Waals surface area (Å²) in [6, 6.07) is 0. The maximum atomic E-state index is 12.1. The van der Waals surface area contributed by atoms with E-state index in [2.05, 4.69) is 27.7 Å². The second-order valence-electron chi connectivity index (χ2n) is 6.76. The van der Waals surface area contributed by atoms with Gasteiger partial charge in [-0.3, -0.25) is 4.79 Å². The predicted octanol–water partition coefficient (Wildman–Crippen LogP) is 4.06. The van der Waals surface area contributed by atoms with Gasteiger partial charge in [0.25, 0.3) is 0 Å². The third-order valence-electron chi connectivity index (χ3n) is 5.57. The lowest BCUT2D eigenvalue weighted by Crippen LogP contribution is -2.47. The van der Waals surface area contributed by atoms with E-state index in [-0.39, 0.29) is 0 Å². The number of ketones is 1. The van der Waals surface area contributed by atoms with Gasteiger partial charge < -0.3 is 0 Å². The van der Waals surface area contributed by atoms with Crippen LogP contribution in [0.2, 0.25) is 0 Å². The molecule has 2 saturated carbocycles. The van der Waals surface area contributed by atoms with E-state index >= 15 is 0 Å². The van der Waals surface area contributed by atoms with E-state index in [4.69, 9.17) is 0 Å². The number of hydrogen-bond donors (Lipinski definition) is 0. The second kappa shape index (κ2) is 4.16. The first kappa shape index (κ1) is 12.1. The zero-order valence-corrected chi connectivity index (χ0v) is 11.3. The van der Waals surface area contributed by atoms with Gasteiger partial charge in [-0.05, 0) is 36.0 Å². The number of rotatable bonds is 1. The Bertz CT molecular complexity index is 281. The third kappa shape index (κ3) is 1.83. The summed E-state index contributed by atoms with van der Waals surface area (Å²) in [4.78, 5) is 12.1. The Morgan fingerprint density at radius 2 is 2.00 bits per heavy atom. The molecule has 0 aromatic carbocycles. The first-order chi connectivity index (χ1) is 7.45. The zero-order chi connectivity index (χ0) is 11.9. The van der Waals surface area contributed by atoms with Gasteiger partial charge in [0.2, 0.25) is 0 Å². The standard InChI is InChI=1S/C15H26O/c1-10(2)13-9-15(4)11(3)6-5-7-12(15)8-14(13)16/h10-13H,5-9H2,1-4H3. The van der Waals surface area contributed by atoms with Crippen LogP contribution >= 0.6 is 0 Å². The van der Waals surface area contributed by atoms with E-state index in [1.807, 2.05) is 0 Å². The van der Waals surface area contributed by atoms with E-state index < -0.39 is 0 Å². The summed E-state index contributed by atoms with van der Waals surface area (Å²) in [6.45, 7) is 9.27. The fourth-order valence-electron chi connectivity index (χ4n) is 4.02. The lowest BCUT2D eigenvalue weighted by atomic mass is 9.52. The Hall–Kier alpha value is -0.330. The lowest BCUT2D eigenvalue weighted by Gasteiger charge is -2.51. The Morgan fingerprint density at radius 1 is 1.31 bits per heavy atom. The first-order valence-corrected chi connectivity index (χ1v) is 6.98. The van der Waals surface area contributed by atoms with Crippen LogP contribution in [0.4, 0.5) is 0 Å². The summed E-state index contributed by atoms with van der Waals surface area (Å²) in [6.07, 6.45) is 6.00. The smallest absolute Gasteiger partial charge is 0.136 e. The van der Waals surface area contributed by atoms with Crippen molar-refractivity contribution in [3.63, 3.8) is 0 Å². The van der Waals surface area contributed by atoms with Crippen molar-refractivity contribution < 1.29 is 4.79 Å². The molecule has 0 aromatic heterocycles. The average Bonchev–Trinajstić information content (AvgIpc) is 2.20. The van der Waals surface area contributed by atoms with Crippen LogP contribution in [0.15, 0.2) is 0 Å². The van der Waals surface area contributed by atoms with Gasteiger partial charge >= 0.3 is 0 Å². The second-order valence-corrected chi connectivity index (χ2v) is 6.76. The van der Waals surface area contributed by atoms with Crippen LogP contribution in [-0.2, 0) is 4.79 Å². The molecule has 16 heavy (non-hydrogen) atoms.